The Morgan fingerprint density at radius 1 is 1.38 bits per heavy atom. The van der Waals surface area contributed by atoms with Crippen LogP contribution in [0.5, 0.6) is 0 Å². The van der Waals surface area contributed by atoms with E-state index in [4.69, 9.17) is 4.74 Å². The number of amides is 1. The molecule has 1 fully saturated rings. The number of hydrogen-bond donors (Lipinski definition) is 1. The average molecular weight is 354 g/mol. The lowest BCUT2D eigenvalue weighted by molar-refractivity contribution is -0.146. The molecule has 2 unspecified atom stereocenters. The van der Waals surface area contributed by atoms with Crippen molar-refractivity contribution in [3.05, 3.63) is 40.4 Å². The second-order valence-electron chi connectivity index (χ2n) is 4.82. The van der Waals surface area contributed by atoms with Gasteiger partial charge in [0.2, 0.25) is 5.91 Å². The molecular weight excluding hydrogens is 338 g/mol. The van der Waals surface area contributed by atoms with Crippen LogP contribution in [0.2, 0.25) is 0 Å². The van der Waals surface area contributed by atoms with E-state index in [1.54, 1.807) is 6.08 Å². The summed E-state index contributed by atoms with van der Waals surface area (Å²) in [6.45, 7) is 0.303. The summed E-state index contributed by atoms with van der Waals surface area (Å²) in [6.07, 6.45) is 3.17. The van der Waals surface area contributed by atoms with Crippen molar-refractivity contribution in [2.45, 2.75) is 18.6 Å². The number of rotatable bonds is 4. The fraction of sp³-hybridized carbons (Fsp3) is 0.333. The van der Waals surface area contributed by atoms with Gasteiger partial charge in [0.25, 0.3) is 0 Å². The Kier molecular flexibility index (Phi) is 5.14. The summed E-state index contributed by atoms with van der Waals surface area (Å²) in [4.78, 5) is 24.7. The van der Waals surface area contributed by atoms with E-state index < -0.39 is 12.0 Å². The lowest BCUT2D eigenvalue weighted by Gasteiger charge is -2.19. The van der Waals surface area contributed by atoms with Crippen LogP contribution in [0, 0.1) is 0 Å². The van der Waals surface area contributed by atoms with Gasteiger partial charge in [0.1, 0.15) is 6.04 Å². The summed E-state index contributed by atoms with van der Waals surface area (Å²) in [5, 5.41) is 9.18. The molecule has 1 amide bonds. The molecule has 1 saturated heterocycles. The molecule has 1 aromatic rings. The topological polar surface area (TPSA) is 66.8 Å². The molecule has 0 saturated carbocycles. The minimum Gasteiger partial charge on any atom is -0.480 e. The van der Waals surface area contributed by atoms with E-state index in [1.165, 1.54) is 18.1 Å². The molecule has 0 radical (unpaired) electrons. The highest BCUT2D eigenvalue weighted by atomic mass is 79.9. The van der Waals surface area contributed by atoms with Gasteiger partial charge in [0.05, 0.1) is 6.10 Å². The number of carboxylic acid groups (broad SMARTS) is 1. The number of carbonyl (C=O) groups excluding carboxylic acids is 1. The average Bonchev–Trinajstić information content (AvgIpc) is 2.91. The summed E-state index contributed by atoms with van der Waals surface area (Å²) in [6, 6.07) is 6.66. The van der Waals surface area contributed by atoms with Crippen molar-refractivity contribution in [2.75, 3.05) is 13.7 Å². The maximum atomic E-state index is 12.2. The number of carbonyl (C=O) groups is 2. The summed E-state index contributed by atoms with van der Waals surface area (Å²) in [5.41, 5.74) is 0.876. The zero-order valence-electron chi connectivity index (χ0n) is 11.5. The van der Waals surface area contributed by atoms with Crippen molar-refractivity contribution >= 4 is 33.9 Å². The van der Waals surface area contributed by atoms with E-state index in [0.717, 1.165) is 10.0 Å². The lowest BCUT2D eigenvalue weighted by Crippen LogP contribution is -2.39. The van der Waals surface area contributed by atoms with Gasteiger partial charge in [-0.25, -0.2) is 4.79 Å². The van der Waals surface area contributed by atoms with Crippen LogP contribution in [0.15, 0.2) is 34.8 Å². The van der Waals surface area contributed by atoms with E-state index in [2.05, 4.69) is 15.9 Å². The predicted octanol–water partition coefficient (Wildman–Crippen LogP) is 2.16. The third-order valence-electron chi connectivity index (χ3n) is 3.45. The van der Waals surface area contributed by atoms with Gasteiger partial charge in [-0.05, 0) is 23.8 Å². The summed E-state index contributed by atoms with van der Waals surface area (Å²) in [7, 11) is 1.52. The smallest absolute Gasteiger partial charge is 0.326 e. The molecule has 1 N–H and O–H groups in total. The highest BCUT2D eigenvalue weighted by Crippen LogP contribution is 2.21. The van der Waals surface area contributed by atoms with Crippen LogP contribution in [0.25, 0.3) is 6.08 Å². The van der Waals surface area contributed by atoms with E-state index in [-0.39, 0.29) is 12.0 Å². The second kappa shape index (κ2) is 6.87. The number of nitrogens with zero attached hydrogens (tertiary/aromatic N) is 1. The molecule has 1 aromatic carbocycles. The number of likely N-dealkylation sites (tertiary alicyclic amines) is 1. The van der Waals surface area contributed by atoms with Crippen molar-refractivity contribution < 1.29 is 19.4 Å². The number of ether oxygens (including phenoxy) is 1. The Hall–Kier alpha value is -1.66. The predicted molar refractivity (Wildman–Crippen MR) is 81.7 cm³/mol. The van der Waals surface area contributed by atoms with Crippen LogP contribution in [0.3, 0.4) is 0 Å². The van der Waals surface area contributed by atoms with Crippen molar-refractivity contribution in [1.82, 2.24) is 4.90 Å². The molecule has 0 bridgehead atoms. The van der Waals surface area contributed by atoms with Crippen LogP contribution in [0.4, 0.5) is 0 Å². The fourth-order valence-electron chi connectivity index (χ4n) is 2.28. The molecule has 6 heteroatoms. The van der Waals surface area contributed by atoms with Gasteiger partial charge in [0.15, 0.2) is 0 Å². The van der Waals surface area contributed by atoms with Crippen LogP contribution in [-0.2, 0) is 14.3 Å². The third-order valence-corrected chi connectivity index (χ3v) is 3.98. The Morgan fingerprint density at radius 2 is 2.05 bits per heavy atom. The van der Waals surface area contributed by atoms with Gasteiger partial charge < -0.3 is 14.7 Å². The first-order valence-electron chi connectivity index (χ1n) is 6.51. The number of aliphatic carboxylic acids is 1. The molecule has 0 aliphatic carbocycles. The second-order valence-corrected chi connectivity index (χ2v) is 5.74. The van der Waals surface area contributed by atoms with Crippen LogP contribution >= 0.6 is 15.9 Å². The van der Waals surface area contributed by atoms with E-state index in [9.17, 15) is 14.7 Å². The van der Waals surface area contributed by atoms with Crippen molar-refractivity contribution in [3.8, 4) is 0 Å². The molecule has 1 heterocycles. The molecule has 2 atom stereocenters. The SMILES string of the molecule is COC1CC(C(=O)O)N(C(=O)/C=C/c2ccc(Br)cc2)C1. The van der Waals surface area contributed by atoms with E-state index in [0.29, 0.717) is 13.0 Å². The maximum absolute atomic E-state index is 12.2. The van der Waals surface area contributed by atoms with E-state index in [1.807, 2.05) is 24.3 Å². The molecule has 112 valence electrons. The minimum atomic E-state index is -1.00. The van der Waals surface area contributed by atoms with E-state index >= 15 is 0 Å². The zero-order valence-corrected chi connectivity index (χ0v) is 13.1. The van der Waals surface area contributed by atoms with Gasteiger partial charge in [0, 0.05) is 30.6 Å². The van der Waals surface area contributed by atoms with Gasteiger partial charge in [-0.2, -0.15) is 0 Å². The lowest BCUT2D eigenvalue weighted by atomic mass is 10.2. The summed E-state index contributed by atoms with van der Waals surface area (Å²) < 4.78 is 6.12. The maximum Gasteiger partial charge on any atom is 0.326 e. The van der Waals surface area contributed by atoms with Gasteiger partial charge in [-0.1, -0.05) is 28.1 Å². The Balaban J connectivity index is 2.07. The Labute approximate surface area is 131 Å². The van der Waals surface area contributed by atoms with Gasteiger partial charge >= 0.3 is 5.97 Å². The first-order chi connectivity index (χ1) is 10.0. The van der Waals surface area contributed by atoms with Crippen molar-refractivity contribution in [2.24, 2.45) is 0 Å². The summed E-state index contributed by atoms with van der Waals surface area (Å²) >= 11 is 3.34. The largest absolute Gasteiger partial charge is 0.480 e. The molecule has 5 nitrogen and oxygen atoms in total. The van der Waals surface area contributed by atoms with Crippen LogP contribution in [-0.4, -0.2) is 47.7 Å². The number of carboxylic acids is 1. The van der Waals surface area contributed by atoms with Gasteiger partial charge in [-0.3, -0.25) is 4.79 Å². The number of halogens is 1. The molecule has 0 spiro atoms. The molecule has 1 aliphatic heterocycles. The molecule has 1 aliphatic rings. The Bertz CT molecular complexity index is 555. The highest BCUT2D eigenvalue weighted by molar-refractivity contribution is 9.10. The van der Waals surface area contributed by atoms with Gasteiger partial charge in [-0.15, -0.1) is 0 Å². The molecular formula is C15H16BrNO4. The molecule has 2 rings (SSSR count). The quantitative estimate of drug-likeness (QED) is 0.842. The third kappa shape index (κ3) is 3.92. The monoisotopic (exact) mass is 353 g/mol. The zero-order chi connectivity index (χ0) is 15.4. The minimum absolute atomic E-state index is 0.226. The molecule has 21 heavy (non-hydrogen) atoms. The fourth-order valence-corrected chi connectivity index (χ4v) is 2.55. The summed E-state index contributed by atoms with van der Waals surface area (Å²) in [5.74, 6) is -1.31. The van der Waals surface area contributed by atoms with Crippen molar-refractivity contribution in [3.63, 3.8) is 0 Å². The Morgan fingerprint density at radius 3 is 2.62 bits per heavy atom. The van der Waals surface area contributed by atoms with Crippen LogP contribution < -0.4 is 0 Å². The van der Waals surface area contributed by atoms with Crippen molar-refractivity contribution in [1.29, 1.82) is 0 Å². The normalized spacial score (nSPS) is 21.9. The number of hydrogen-bond acceptors (Lipinski definition) is 3. The first kappa shape index (κ1) is 15.7. The number of methoxy groups -OCH3 is 1. The molecule has 0 aromatic heterocycles. The number of benzene rings is 1. The standard InChI is InChI=1S/C15H16BrNO4/c1-21-12-8-13(15(19)20)17(9-12)14(18)7-4-10-2-5-11(16)6-3-10/h2-7,12-13H,8-9H2,1H3,(H,19,20)/b7-4+. The first-order valence-corrected chi connectivity index (χ1v) is 7.30. The highest BCUT2D eigenvalue weighted by Gasteiger charge is 2.38. The van der Waals surface area contributed by atoms with Crippen LogP contribution in [0.1, 0.15) is 12.0 Å².